The molecule has 0 amide bonds. The molecule has 0 radical (unpaired) electrons. The maximum Gasteiger partial charge on any atom is 0.241 e. The second kappa shape index (κ2) is 9.72. The Balaban J connectivity index is 1.74. The average Bonchev–Trinajstić information content (AvgIpc) is 2.90. The van der Waals surface area contributed by atoms with Gasteiger partial charge in [-0.05, 0) is 59.2 Å². The summed E-state index contributed by atoms with van der Waals surface area (Å²) in [6.07, 6.45) is 2.23. The standard InChI is InChI=1S/C36H36B2N/c1-23-18-21-33(39(7)22-23)29-19-20-32-36(28(29)6)38(35-26(4)14-11-15-27(35)5)31-17-9-8-16-30(31)37(32)34-24(2)12-10-13-25(34)3/h8-22H,1-7H3/q+1. The Kier molecular flexibility index (Phi) is 6.34. The number of benzene rings is 4. The highest BCUT2D eigenvalue weighted by Crippen LogP contribution is 2.21. The fourth-order valence-electron chi connectivity index (χ4n) is 7.22. The topological polar surface area (TPSA) is 3.88 Å². The van der Waals surface area contributed by atoms with E-state index in [1.165, 1.54) is 77.4 Å². The van der Waals surface area contributed by atoms with Crippen LogP contribution < -0.4 is 37.3 Å². The van der Waals surface area contributed by atoms with Crippen LogP contribution in [0, 0.1) is 41.5 Å². The third-order valence-corrected chi connectivity index (χ3v) is 8.99. The molecule has 0 fully saturated rings. The van der Waals surface area contributed by atoms with Crippen molar-refractivity contribution < 1.29 is 4.57 Å². The van der Waals surface area contributed by atoms with Crippen LogP contribution in [0.3, 0.4) is 0 Å². The molecule has 0 bridgehead atoms. The largest absolute Gasteiger partial charge is 0.241 e. The summed E-state index contributed by atoms with van der Waals surface area (Å²) in [4.78, 5) is 0. The number of aromatic nitrogens is 1. The van der Waals surface area contributed by atoms with Crippen LogP contribution in [-0.4, -0.2) is 13.4 Å². The smallest absolute Gasteiger partial charge is 0.201 e. The van der Waals surface area contributed by atoms with Gasteiger partial charge in [-0.15, -0.1) is 0 Å². The number of fused-ring (bicyclic) bond motifs is 2. The van der Waals surface area contributed by atoms with Gasteiger partial charge in [0.2, 0.25) is 19.1 Å². The molecule has 0 saturated heterocycles. The van der Waals surface area contributed by atoms with Crippen molar-refractivity contribution in [3.05, 3.63) is 125 Å². The molecule has 0 unspecified atom stereocenters. The van der Waals surface area contributed by atoms with E-state index in [1.54, 1.807) is 0 Å². The number of hydrogen-bond acceptors (Lipinski definition) is 0. The Morgan fingerprint density at radius 1 is 0.487 bits per heavy atom. The van der Waals surface area contributed by atoms with Gasteiger partial charge in [0.25, 0.3) is 0 Å². The summed E-state index contributed by atoms with van der Waals surface area (Å²) in [5.74, 6) is 0. The minimum Gasteiger partial charge on any atom is -0.201 e. The monoisotopic (exact) mass is 504 g/mol. The Labute approximate surface area is 234 Å². The number of pyridine rings is 1. The second-order valence-electron chi connectivity index (χ2n) is 11.5. The van der Waals surface area contributed by atoms with Crippen LogP contribution in [0.1, 0.15) is 33.4 Å². The summed E-state index contributed by atoms with van der Waals surface area (Å²) < 4.78 is 2.28. The Morgan fingerprint density at radius 2 is 1.03 bits per heavy atom. The molecule has 4 aromatic carbocycles. The van der Waals surface area contributed by atoms with Crippen molar-refractivity contribution in [1.82, 2.24) is 0 Å². The van der Waals surface area contributed by atoms with Gasteiger partial charge >= 0.3 is 0 Å². The first kappa shape index (κ1) is 25.4. The van der Waals surface area contributed by atoms with Crippen LogP contribution in [-0.2, 0) is 7.05 Å². The highest BCUT2D eigenvalue weighted by atomic mass is 14.9. The van der Waals surface area contributed by atoms with Crippen molar-refractivity contribution >= 4 is 46.2 Å². The van der Waals surface area contributed by atoms with E-state index in [0.717, 1.165) is 0 Å². The van der Waals surface area contributed by atoms with E-state index in [9.17, 15) is 0 Å². The van der Waals surface area contributed by atoms with Gasteiger partial charge in [-0.3, -0.25) is 0 Å². The summed E-state index contributed by atoms with van der Waals surface area (Å²) >= 11 is 0. The van der Waals surface area contributed by atoms with Crippen molar-refractivity contribution in [2.24, 2.45) is 7.05 Å². The Bertz CT molecular complexity index is 1710. The van der Waals surface area contributed by atoms with Gasteiger partial charge in [0.05, 0.1) is 0 Å². The molecule has 1 aliphatic rings. The maximum atomic E-state index is 2.44. The number of aryl methyl sites for hydroxylation is 6. The lowest BCUT2D eigenvalue weighted by molar-refractivity contribution is -0.660. The average molecular weight is 504 g/mol. The van der Waals surface area contributed by atoms with Gasteiger partial charge in [0.15, 0.2) is 6.20 Å². The summed E-state index contributed by atoms with van der Waals surface area (Å²) in [6, 6.07) is 32.0. The van der Waals surface area contributed by atoms with E-state index in [2.05, 4.69) is 144 Å². The van der Waals surface area contributed by atoms with Crippen LogP contribution in [0.4, 0.5) is 0 Å². The van der Waals surface area contributed by atoms with E-state index >= 15 is 0 Å². The molecule has 1 aliphatic heterocycles. The molecule has 6 rings (SSSR count). The van der Waals surface area contributed by atoms with Crippen LogP contribution in [0.15, 0.2) is 91.1 Å². The Hall–Kier alpha value is -3.84. The van der Waals surface area contributed by atoms with Crippen molar-refractivity contribution in [2.45, 2.75) is 41.5 Å². The first-order valence-electron chi connectivity index (χ1n) is 14.1. The minimum absolute atomic E-state index is 0.189. The molecular weight excluding hydrogens is 468 g/mol. The van der Waals surface area contributed by atoms with Crippen LogP contribution in [0.25, 0.3) is 11.3 Å². The lowest BCUT2D eigenvalue weighted by atomic mass is 9.20. The molecule has 0 saturated carbocycles. The van der Waals surface area contributed by atoms with E-state index < -0.39 is 0 Å². The molecule has 39 heavy (non-hydrogen) atoms. The molecule has 190 valence electrons. The Morgan fingerprint density at radius 3 is 1.59 bits per heavy atom. The van der Waals surface area contributed by atoms with Crippen molar-refractivity contribution in [3.8, 4) is 11.3 Å². The lowest BCUT2D eigenvalue weighted by Gasteiger charge is -2.36. The lowest BCUT2D eigenvalue weighted by Crippen LogP contribution is -2.76. The number of rotatable bonds is 3. The predicted octanol–water partition coefficient (Wildman–Crippen LogP) is 3.37. The molecule has 3 heteroatoms. The maximum absolute atomic E-state index is 2.44. The molecular formula is C36H36B2N+. The first-order chi connectivity index (χ1) is 18.8. The SMILES string of the molecule is Cc1ccc(-c2ccc3c(c2C)B(c2c(C)cccc2C)c2ccccc2B3c2c(C)cccc2C)[n+](C)c1. The van der Waals surface area contributed by atoms with Crippen molar-refractivity contribution in [3.63, 3.8) is 0 Å². The van der Waals surface area contributed by atoms with Gasteiger partial charge in [-0.2, -0.15) is 0 Å². The third-order valence-electron chi connectivity index (χ3n) is 8.99. The fraction of sp³-hybridized carbons (Fsp3) is 0.194. The third kappa shape index (κ3) is 4.07. The first-order valence-corrected chi connectivity index (χ1v) is 14.1. The second-order valence-corrected chi connectivity index (χ2v) is 11.5. The molecule has 5 aromatic rings. The van der Waals surface area contributed by atoms with E-state index in [1.807, 2.05) is 0 Å². The zero-order chi connectivity index (χ0) is 27.4. The quantitative estimate of drug-likeness (QED) is 0.257. The number of hydrogen-bond donors (Lipinski definition) is 0. The minimum atomic E-state index is 0.189. The number of nitrogens with zero attached hydrogens (tertiary/aromatic N) is 1. The fourth-order valence-corrected chi connectivity index (χ4v) is 7.22. The summed E-state index contributed by atoms with van der Waals surface area (Å²) in [5.41, 5.74) is 19.3. The normalized spacial score (nSPS) is 12.4. The highest BCUT2D eigenvalue weighted by molar-refractivity contribution is 7.11. The van der Waals surface area contributed by atoms with E-state index in [-0.39, 0.29) is 13.4 Å². The molecule has 0 atom stereocenters. The van der Waals surface area contributed by atoms with Crippen LogP contribution >= 0.6 is 0 Å². The van der Waals surface area contributed by atoms with Gasteiger partial charge in [0.1, 0.15) is 7.05 Å². The summed E-state index contributed by atoms with van der Waals surface area (Å²) in [6.45, 7) is 14.0. The van der Waals surface area contributed by atoms with Gasteiger partial charge in [-0.25, -0.2) is 4.57 Å². The van der Waals surface area contributed by atoms with Gasteiger partial charge < -0.3 is 0 Å². The van der Waals surface area contributed by atoms with E-state index in [4.69, 9.17) is 0 Å². The molecule has 0 aliphatic carbocycles. The van der Waals surface area contributed by atoms with Gasteiger partial charge in [-0.1, -0.05) is 122 Å². The molecule has 0 N–H and O–H groups in total. The molecule has 2 heterocycles. The van der Waals surface area contributed by atoms with Crippen LogP contribution in [0.2, 0.25) is 0 Å². The zero-order valence-corrected chi connectivity index (χ0v) is 24.3. The van der Waals surface area contributed by atoms with Crippen LogP contribution in [0.5, 0.6) is 0 Å². The zero-order valence-electron chi connectivity index (χ0n) is 24.3. The van der Waals surface area contributed by atoms with Gasteiger partial charge in [0, 0.05) is 17.2 Å². The van der Waals surface area contributed by atoms with Crippen molar-refractivity contribution in [1.29, 1.82) is 0 Å². The molecule has 1 aromatic heterocycles. The van der Waals surface area contributed by atoms with Crippen molar-refractivity contribution in [2.75, 3.05) is 0 Å². The highest BCUT2D eigenvalue weighted by Gasteiger charge is 2.41. The van der Waals surface area contributed by atoms with E-state index in [0.29, 0.717) is 0 Å². The summed E-state index contributed by atoms with van der Waals surface area (Å²) in [5, 5.41) is 0. The molecule has 1 nitrogen and oxygen atoms in total. The molecule has 0 spiro atoms. The summed E-state index contributed by atoms with van der Waals surface area (Å²) in [7, 11) is 2.17. The predicted molar refractivity (Wildman–Crippen MR) is 170 cm³/mol.